The third-order valence-corrected chi connectivity index (χ3v) is 5.29. The minimum absolute atomic E-state index is 0.234. The summed E-state index contributed by atoms with van der Waals surface area (Å²) in [5, 5.41) is 2.90. The molecule has 2 aliphatic rings. The van der Waals surface area contributed by atoms with Gasteiger partial charge in [0.05, 0.1) is 12.4 Å². The molecule has 7 heteroatoms. The number of aromatic nitrogens is 2. The van der Waals surface area contributed by atoms with Crippen molar-refractivity contribution in [1.82, 2.24) is 14.9 Å². The number of likely N-dealkylation sites (N-methyl/N-ethyl adjacent to an activating group) is 1. The van der Waals surface area contributed by atoms with E-state index in [1.165, 1.54) is 18.5 Å². The number of hydrogen-bond donors (Lipinski definition) is 1. The molecule has 27 heavy (non-hydrogen) atoms. The number of carbonyl (C=O) groups excluding carboxylic acids is 1. The molecule has 1 amide bonds. The molecular weight excluding hydrogens is 340 g/mol. The van der Waals surface area contributed by atoms with E-state index >= 15 is 0 Å². The lowest BCUT2D eigenvalue weighted by molar-refractivity contribution is 0.102. The summed E-state index contributed by atoms with van der Waals surface area (Å²) in [6, 6.07) is 8.00. The molecule has 0 aliphatic carbocycles. The Morgan fingerprint density at radius 2 is 1.59 bits per heavy atom. The van der Waals surface area contributed by atoms with E-state index in [-0.39, 0.29) is 5.91 Å². The molecule has 2 aromatic rings. The summed E-state index contributed by atoms with van der Waals surface area (Å²) in [5.41, 5.74) is 2.29. The first-order valence-electron chi connectivity index (χ1n) is 9.61. The SMILES string of the molecule is CN1CCN(c2ccc(NC(=O)c3cnc(N4CCCC4)cn3)cc2)CC1. The normalized spacial score (nSPS) is 18.0. The number of hydrogen-bond acceptors (Lipinski definition) is 6. The van der Waals surface area contributed by atoms with Crippen LogP contribution in [-0.4, -0.2) is 67.1 Å². The van der Waals surface area contributed by atoms with Crippen LogP contribution in [0.5, 0.6) is 0 Å². The molecule has 2 aliphatic heterocycles. The molecular formula is C20H26N6O. The molecule has 1 aromatic carbocycles. The van der Waals surface area contributed by atoms with E-state index < -0.39 is 0 Å². The van der Waals surface area contributed by atoms with E-state index in [1.807, 2.05) is 12.1 Å². The third-order valence-electron chi connectivity index (χ3n) is 5.29. The summed E-state index contributed by atoms with van der Waals surface area (Å²) in [6.07, 6.45) is 5.63. The van der Waals surface area contributed by atoms with Gasteiger partial charge in [-0.05, 0) is 44.2 Å². The number of nitrogens with one attached hydrogen (secondary N) is 1. The maximum Gasteiger partial charge on any atom is 0.275 e. The second-order valence-electron chi connectivity index (χ2n) is 7.25. The van der Waals surface area contributed by atoms with E-state index in [2.05, 4.69) is 49.2 Å². The Labute approximate surface area is 160 Å². The van der Waals surface area contributed by atoms with Crippen molar-refractivity contribution in [2.24, 2.45) is 0 Å². The molecule has 1 N–H and O–H groups in total. The summed E-state index contributed by atoms with van der Waals surface area (Å²) < 4.78 is 0. The van der Waals surface area contributed by atoms with Crippen LogP contribution in [0.3, 0.4) is 0 Å². The van der Waals surface area contributed by atoms with Crippen molar-refractivity contribution in [1.29, 1.82) is 0 Å². The topological polar surface area (TPSA) is 64.6 Å². The summed E-state index contributed by atoms with van der Waals surface area (Å²) >= 11 is 0. The molecule has 142 valence electrons. The Morgan fingerprint density at radius 3 is 2.22 bits per heavy atom. The van der Waals surface area contributed by atoms with Gasteiger partial charge in [0.2, 0.25) is 0 Å². The second kappa shape index (κ2) is 7.92. The molecule has 0 unspecified atom stereocenters. The molecule has 0 saturated carbocycles. The molecule has 0 radical (unpaired) electrons. The van der Waals surface area contributed by atoms with Crippen molar-refractivity contribution in [3.05, 3.63) is 42.4 Å². The summed E-state index contributed by atoms with van der Waals surface area (Å²) in [7, 11) is 2.15. The number of carbonyl (C=O) groups is 1. The minimum atomic E-state index is -0.234. The lowest BCUT2D eigenvalue weighted by Gasteiger charge is -2.34. The predicted octanol–water partition coefficient (Wildman–Crippen LogP) is 2.08. The van der Waals surface area contributed by atoms with Crippen molar-refractivity contribution in [3.8, 4) is 0 Å². The van der Waals surface area contributed by atoms with Gasteiger partial charge in [0.1, 0.15) is 11.5 Å². The Bertz CT molecular complexity index is 762. The molecule has 2 fully saturated rings. The Balaban J connectivity index is 1.36. The summed E-state index contributed by atoms with van der Waals surface area (Å²) in [4.78, 5) is 28.0. The Morgan fingerprint density at radius 1 is 0.889 bits per heavy atom. The van der Waals surface area contributed by atoms with Crippen molar-refractivity contribution in [2.75, 3.05) is 61.4 Å². The van der Waals surface area contributed by atoms with E-state index in [9.17, 15) is 4.79 Å². The van der Waals surface area contributed by atoms with Gasteiger partial charge in [0.25, 0.3) is 5.91 Å². The van der Waals surface area contributed by atoms with E-state index in [0.717, 1.165) is 50.8 Å². The van der Waals surface area contributed by atoms with Crippen LogP contribution < -0.4 is 15.1 Å². The zero-order valence-electron chi connectivity index (χ0n) is 15.8. The first-order chi connectivity index (χ1) is 13.2. The van der Waals surface area contributed by atoms with Crippen LogP contribution in [-0.2, 0) is 0 Å². The first kappa shape index (κ1) is 17.7. The van der Waals surface area contributed by atoms with Crippen LogP contribution in [0.15, 0.2) is 36.7 Å². The van der Waals surface area contributed by atoms with Crippen LogP contribution in [0.4, 0.5) is 17.2 Å². The van der Waals surface area contributed by atoms with Crippen molar-refractivity contribution >= 4 is 23.1 Å². The highest BCUT2D eigenvalue weighted by Crippen LogP contribution is 2.20. The molecule has 1 aromatic heterocycles. The molecule has 0 bridgehead atoms. The maximum atomic E-state index is 12.4. The number of rotatable bonds is 4. The quantitative estimate of drug-likeness (QED) is 0.894. The van der Waals surface area contributed by atoms with Gasteiger partial charge in [0, 0.05) is 50.6 Å². The number of benzene rings is 1. The van der Waals surface area contributed by atoms with Crippen LogP contribution in [0.2, 0.25) is 0 Å². The zero-order valence-corrected chi connectivity index (χ0v) is 15.8. The maximum absolute atomic E-state index is 12.4. The minimum Gasteiger partial charge on any atom is -0.369 e. The highest BCUT2D eigenvalue weighted by atomic mass is 16.1. The average molecular weight is 366 g/mol. The summed E-state index contributed by atoms with van der Waals surface area (Å²) in [6.45, 7) is 6.23. The van der Waals surface area contributed by atoms with Gasteiger partial charge < -0.3 is 20.0 Å². The van der Waals surface area contributed by atoms with E-state index in [4.69, 9.17) is 0 Å². The molecule has 2 saturated heterocycles. The number of nitrogens with zero attached hydrogens (tertiary/aromatic N) is 5. The van der Waals surface area contributed by atoms with Gasteiger partial charge >= 0.3 is 0 Å². The molecule has 0 spiro atoms. The molecule has 7 nitrogen and oxygen atoms in total. The molecule has 0 atom stereocenters. The lowest BCUT2D eigenvalue weighted by Crippen LogP contribution is -2.44. The van der Waals surface area contributed by atoms with Gasteiger partial charge in [-0.1, -0.05) is 0 Å². The fourth-order valence-electron chi connectivity index (χ4n) is 3.56. The fourth-order valence-corrected chi connectivity index (χ4v) is 3.56. The van der Waals surface area contributed by atoms with Gasteiger partial charge in [-0.15, -0.1) is 0 Å². The Kier molecular flexibility index (Phi) is 5.20. The van der Waals surface area contributed by atoms with Crippen molar-refractivity contribution in [2.45, 2.75) is 12.8 Å². The third kappa shape index (κ3) is 4.19. The first-order valence-corrected chi connectivity index (χ1v) is 9.61. The number of amides is 1. The zero-order chi connectivity index (χ0) is 18.6. The van der Waals surface area contributed by atoms with Crippen molar-refractivity contribution in [3.63, 3.8) is 0 Å². The van der Waals surface area contributed by atoms with Crippen LogP contribution in [0.25, 0.3) is 0 Å². The van der Waals surface area contributed by atoms with Crippen molar-refractivity contribution < 1.29 is 4.79 Å². The Hall–Kier alpha value is -2.67. The highest BCUT2D eigenvalue weighted by molar-refractivity contribution is 6.02. The van der Waals surface area contributed by atoms with E-state index in [0.29, 0.717) is 5.69 Å². The second-order valence-corrected chi connectivity index (χ2v) is 7.25. The lowest BCUT2D eigenvalue weighted by atomic mass is 10.2. The standard InChI is InChI=1S/C20H26N6O/c1-24-10-12-25(13-11-24)17-6-4-16(5-7-17)23-20(27)18-14-22-19(15-21-18)26-8-2-3-9-26/h4-7,14-15H,2-3,8-13H2,1H3,(H,23,27). The van der Waals surface area contributed by atoms with Gasteiger partial charge in [-0.25, -0.2) is 9.97 Å². The highest BCUT2D eigenvalue weighted by Gasteiger charge is 2.16. The largest absolute Gasteiger partial charge is 0.369 e. The fraction of sp³-hybridized carbons (Fsp3) is 0.450. The smallest absolute Gasteiger partial charge is 0.275 e. The average Bonchev–Trinajstić information content (AvgIpc) is 3.24. The van der Waals surface area contributed by atoms with E-state index in [1.54, 1.807) is 12.4 Å². The summed E-state index contributed by atoms with van der Waals surface area (Å²) in [5.74, 6) is 0.614. The number of anilines is 3. The van der Waals surface area contributed by atoms with Crippen LogP contribution in [0.1, 0.15) is 23.3 Å². The van der Waals surface area contributed by atoms with Gasteiger partial charge in [-0.2, -0.15) is 0 Å². The van der Waals surface area contributed by atoms with Crippen LogP contribution >= 0.6 is 0 Å². The molecule has 3 heterocycles. The molecule has 4 rings (SSSR count). The van der Waals surface area contributed by atoms with Crippen LogP contribution in [0, 0.1) is 0 Å². The predicted molar refractivity (Wildman–Crippen MR) is 108 cm³/mol. The number of piperazine rings is 1. The monoisotopic (exact) mass is 366 g/mol. The van der Waals surface area contributed by atoms with Gasteiger partial charge in [0.15, 0.2) is 0 Å². The van der Waals surface area contributed by atoms with Gasteiger partial charge in [-0.3, -0.25) is 4.79 Å².